The number of rotatable bonds is 9. The molecule has 5 heteroatoms. The summed E-state index contributed by atoms with van der Waals surface area (Å²) in [6.07, 6.45) is 2.41. The number of nitrogens with one attached hydrogen (secondary N) is 1. The van der Waals surface area contributed by atoms with Crippen molar-refractivity contribution in [1.82, 2.24) is 10.2 Å². The molecule has 0 fully saturated rings. The quantitative estimate of drug-likeness (QED) is 0.287. The van der Waals surface area contributed by atoms with E-state index in [9.17, 15) is 0 Å². The van der Waals surface area contributed by atoms with Crippen molar-refractivity contribution in [3.8, 4) is 0 Å². The van der Waals surface area contributed by atoms with Gasteiger partial charge in [-0.25, -0.2) is 0 Å². The average molecular weight is 385 g/mol. The molecule has 0 amide bonds. The van der Waals surface area contributed by atoms with E-state index < -0.39 is 0 Å². The molecule has 0 aliphatic heterocycles. The molecule has 0 saturated carbocycles. The summed E-state index contributed by atoms with van der Waals surface area (Å²) in [7, 11) is 2.09. The van der Waals surface area contributed by atoms with E-state index in [1.165, 1.54) is 12.8 Å². The molecule has 0 rings (SSSR count). The topological polar surface area (TPSA) is 36.9 Å². The maximum atomic E-state index is 5.53. The van der Waals surface area contributed by atoms with Gasteiger partial charge in [0.05, 0.1) is 13.2 Å². The first kappa shape index (κ1) is 21.3. The largest absolute Gasteiger partial charge is 0.379 e. The molecule has 0 saturated heterocycles. The molecule has 4 nitrogen and oxygen atoms in total. The van der Waals surface area contributed by atoms with Gasteiger partial charge in [0.15, 0.2) is 5.96 Å². The first-order valence-corrected chi connectivity index (χ1v) is 7.18. The highest BCUT2D eigenvalue weighted by Gasteiger charge is 2.03. The van der Waals surface area contributed by atoms with E-state index in [-0.39, 0.29) is 24.0 Å². The lowest BCUT2D eigenvalue weighted by Gasteiger charge is -2.21. The second kappa shape index (κ2) is 14.4. The molecule has 0 heterocycles. The smallest absolute Gasteiger partial charge is 0.193 e. The SMILES string of the molecule is CCCCN(C)C(=NCCOCC(C)C)NCC.I. The van der Waals surface area contributed by atoms with Crippen LogP contribution in [0.4, 0.5) is 0 Å². The van der Waals surface area contributed by atoms with E-state index >= 15 is 0 Å². The van der Waals surface area contributed by atoms with Gasteiger partial charge in [-0.15, -0.1) is 24.0 Å². The molecule has 0 unspecified atom stereocenters. The van der Waals surface area contributed by atoms with Gasteiger partial charge in [0.1, 0.15) is 0 Å². The summed E-state index contributed by atoms with van der Waals surface area (Å²) < 4.78 is 5.53. The van der Waals surface area contributed by atoms with Crippen molar-refractivity contribution in [3.63, 3.8) is 0 Å². The second-order valence-corrected chi connectivity index (χ2v) is 4.98. The van der Waals surface area contributed by atoms with Gasteiger partial charge in [-0.1, -0.05) is 27.2 Å². The van der Waals surface area contributed by atoms with Crippen molar-refractivity contribution in [2.75, 3.05) is 39.9 Å². The maximum Gasteiger partial charge on any atom is 0.193 e. The number of ether oxygens (including phenoxy) is 1. The highest BCUT2D eigenvalue weighted by molar-refractivity contribution is 14.0. The van der Waals surface area contributed by atoms with Crippen LogP contribution in [0.25, 0.3) is 0 Å². The molecule has 0 aliphatic carbocycles. The number of aliphatic imine (C=N–C) groups is 1. The predicted molar refractivity (Wildman–Crippen MR) is 94.6 cm³/mol. The summed E-state index contributed by atoms with van der Waals surface area (Å²) in [4.78, 5) is 6.76. The predicted octanol–water partition coefficient (Wildman–Crippen LogP) is 2.97. The average Bonchev–Trinajstić information content (AvgIpc) is 2.33. The Morgan fingerprint density at radius 2 is 2.00 bits per heavy atom. The Labute approximate surface area is 136 Å². The second-order valence-electron chi connectivity index (χ2n) is 4.98. The Bertz CT molecular complexity index is 223. The van der Waals surface area contributed by atoms with Crippen LogP contribution in [-0.4, -0.2) is 50.8 Å². The molecule has 0 bridgehead atoms. The fourth-order valence-electron chi connectivity index (χ4n) is 1.51. The van der Waals surface area contributed by atoms with Gasteiger partial charge < -0.3 is 15.0 Å². The zero-order chi connectivity index (χ0) is 13.8. The van der Waals surface area contributed by atoms with Crippen molar-refractivity contribution in [2.24, 2.45) is 10.9 Å². The van der Waals surface area contributed by atoms with Crippen LogP contribution < -0.4 is 5.32 Å². The van der Waals surface area contributed by atoms with Crippen molar-refractivity contribution >= 4 is 29.9 Å². The van der Waals surface area contributed by atoms with Crippen molar-refractivity contribution in [1.29, 1.82) is 0 Å². The summed E-state index contributed by atoms with van der Waals surface area (Å²) in [6, 6.07) is 0. The molecule has 0 aromatic heterocycles. The van der Waals surface area contributed by atoms with E-state index in [0.717, 1.165) is 32.2 Å². The Morgan fingerprint density at radius 1 is 1.32 bits per heavy atom. The number of hydrogen-bond acceptors (Lipinski definition) is 2. The first-order valence-electron chi connectivity index (χ1n) is 7.18. The van der Waals surface area contributed by atoms with Gasteiger partial charge in [0.2, 0.25) is 0 Å². The molecular weight excluding hydrogens is 353 g/mol. The summed E-state index contributed by atoms with van der Waals surface area (Å²) in [5.74, 6) is 1.58. The Balaban J connectivity index is 0. The fraction of sp³-hybridized carbons (Fsp3) is 0.929. The lowest BCUT2D eigenvalue weighted by Crippen LogP contribution is -2.39. The molecule has 0 aromatic rings. The van der Waals surface area contributed by atoms with Gasteiger partial charge in [0, 0.05) is 26.7 Å². The first-order chi connectivity index (χ1) is 8.61. The van der Waals surface area contributed by atoms with Crippen molar-refractivity contribution in [2.45, 2.75) is 40.5 Å². The van der Waals surface area contributed by atoms with Crippen LogP contribution in [0.15, 0.2) is 4.99 Å². The Morgan fingerprint density at radius 3 is 2.53 bits per heavy atom. The highest BCUT2D eigenvalue weighted by atomic mass is 127. The molecule has 0 spiro atoms. The zero-order valence-electron chi connectivity index (χ0n) is 13.2. The normalized spacial score (nSPS) is 11.4. The van der Waals surface area contributed by atoms with Crippen LogP contribution in [0.5, 0.6) is 0 Å². The highest BCUT2D eigenvalue weighted by Crippen LogP contribution is 1.94. The van der Waals surface area contributed by atoms with Crippen LogP contribution in [0.2, 0.25) is 0 Å². The van der Waals surface area contributed by atoms with Crippen molar-refractivity contribution < 1.29 is 4.74 Å². The third-order valence-electron chi connectivity index (χ3n) is 2.49. The Kier molecular flexibility index (Phi) is 16.1. The summed E-state index contributed by atoms with van der Waals surface area (Å²) >= 11 is 0. The number of guanidine groups is 1. The third-order valence-corrected chi connectivity index (χ3v) is 2.49. The van der Waals surface area contributed by atoms with Crippen molar-refractivity contribution in [3.05, 3.63) is 0 Å². The number of halogens is 1. The van der Waals surface area contributed by atoms with Crippen LogP contribution in [-0.2, 0) is 4.74 Å². The zero-order valence-corrected chi connectivity index (χ0v) is 15.6. The van der Waals surface area contributed by atoms with E-state index in [1.807, 2.05) is 0 Å². The van der Waals surface area contributed by atoms with Crippen LogP contribution in [0.1, 0.15) is 40.5 Å². The molecule has 1 N–H and O–H groups in total. The van der Waals surface area contributed by atoms with Gasteiger partial charge in [-0.3, -0.25) is 4.99 Å². The third kappa shape index (κ3) is 12.7. The van der Waals surface area contributed by atoms with E-state index in [1.54, 1.807) is 0 Å². The number of nitrogens with zero attached hydrogens (tertiary/aromatic N) is 2. The molecular formula is C14H32IN3O. The minimum atomic E-state index is 0. The van der Waals surface area contributed by atoms with Crippen LogP contribution >= 0.6 is 24.0 Å². The van der Waals surface area contributed by atoms with Crippen LogP contribution in [0, 0.1) is 5.92 Å². The maximum absolute atomic E-state index is 5.53. The molecule has 0 radical (unpaired) electrons. The summed E-state index contributed by atoms with van der Waals surface area (Å²) in [5, 5.41) is 3.31. The minimum absolute atomic E-state index is 0. The molecule has 116 valence electrons. The number of hydrogen-bond donors (Lipinski definition) is 1. The monoisotopic (exact) mass is 385 g/mol. The van der Waals surface area contributed by atoms with Gasteiger partial charge in [-0.2, -0.15) is 0 Å². The standard InChI is InChI=1S/C14H31N3O.HI/c1-6-8-10-17(5)14(15-7-2)16-9-11-18-12-13(3)4;/h13H,6-12H2,1-5H3,(H,15,16);1H. The molecule has 19 heavy (non-hydrogen) atoms. The minimum Gasteiger partial charge on any atom is -0.379 e. The van der Waals surface area contributed by atoms with Crippen LogP contribution in [0.3, 0.4) is 0 Å². The molecule has 0 atom stereocenters. The summed E-state index contributed by atoms with van der Waals surface area (Å²) in [5.41, 5.74) is 0. The lowest BCUT2D eigenvalue weighted by molar-refractivity contribution is 0.116. The molecule has 0 aromatic carbocycles. The Hall–Kier alpha value is -0.0400. The van der Waals surface area contributed by atoms with Gasteiger partial charge >= 0.3 is 0 Å². The number of unbranched alkanes of at least 4 members (excludes halogenated alkanes) is 1. The van der Waals surface area contributed by atoms with E-state index in [0.29, 0.717) is 12.5 Å². The van der Waals surface area contributed by atoms with E-state index in [2.05, 4.69) is 50.0 Å². The lowest BCUT2D eigenvalue weighted by atomic mass is 10.2. The van der Waals surface area contributed by atoms with Gasteiger partial charge in [-0.05, 0) is 19.3 Å². The fourth-order valence-corrected chi connectivity index (χ4v) is 1.51. The van der Waals surface area contributed by atoms with E-state index in [4.69, 9.17) is 4.74 Å². The summed E-state index contributed by atoms with van der Waals surface area (Å²) in [6.45, 7) is 12.8. The van der Waals surface area contributed by atoms with Gasteiger partial charge in [0.25, 0.3) is 0 Å². The molecule has 0 aliphatic rings.